The normalized spacial score (nSPS) is 14.7. The fourth-order valence-electron chi connectivity index (χ4n) is 4.42. The first-order valence-corrected chi connectivity index (χ1v) is 14.1. The Morgan fingerprint density at radius 3 is 2.58 bits per heavy atom. The van der Waals surface area contributed by atoms with Crippen LogP contribution < -0.4 is 10.9 Å². The molecule has 2 amide bonds. The highest BCUT2D eigenvalue weighted by atomic mass is 19.3. The van der Waals surface area contributed by atoms with Crippen LogP contribution in [0.1, 0.15) is 45.6 Å². The van der Waals surface area contributed by atoms with E-state index in [2.05, 4.69) is 45.5 Å². The zero-order valence-corrected chi connectivity index (χ0v) is 24.8. The van der Waals surface area contributed by atoms with Crippen LogP contribution >= 0.6 is 0 Å². The zero-order valence-electron chi connectivity index (χ0n) is 24.8. The standard InChI is InChI=1S/C27H28F2N4O6.C4H10/c1-38-25(36)21-10-5-13-33(21)22(34)15-30-26(37)39-16-27(28,29)12-11-17-6-4-7-18(14-17)23-24(35)32-20-9-3-2-8-19(20)31-23;1-4(2)3/h2-4,6-9,14,21H,5,10-13,15-16H2,1H3,(H,30,37)(H,32,35);4H,1-3H3. The first-order valence-electron chi connectivity index (χ1n) is 14.1. The van der Waals surface area contributed by atoms with Crippen molar-refractivity contribution in [1.29, 1.82) is 0 Å². The second kappa shape index (κ2) is 15.2. The zero-order chi connectivity index (χ0) is 31.6. The minimum atomic E-state index is -3.33. The monoisotopic (exact) mass is 600 g/mol. The molecule has 1 aliphatic heterocycles. The lowest BCUT2D eigenvalue weighted by molar-refractivity contribution is -0.150. The summed E-state index contributed by atoms with van der Waals surface area (Å²) < 4.78 is 38.2. The number of aromatic nitrogens is 2. The van der Waals surface area contributed by atoms with Crippen molar-refractivity contribution in [2.45, 2.75) is 58.4 Å². The first-order chi connectivity index (χ1) is 20.4. The summed E-state index contributed by atoms with van der Waals surface area (Å²) in [5.74, 6) is -3.58. The van der Waals surface area contributed by atoms with E-state index in [4.69, 9.17) is 0 Å². The number of likely N-dealkylation sites (tertiary alicyclic amines) is 1. The highest BCUT2D eigenvalue weighted by molar-refractivity contribution is 5.87. The molecule has 0 spiro atoms. The van der Waals surface area contributed by atoms with Gasteiger partial charge in [-0.3, -0.25) is 9.59 Å². The van der Waals surface area contributed by atoms with E-state index in [1.165, 1.54) is 12.0 Å². The molecule has 2 heterocycles. The number of rotatable bonds is 9. The molecule has 2 aromatic carbocycles. The van der Waals surface area contributed by atoms with Crippen LogP contribution in [-0.4, -0.2) is 71.6 Å². The molecule has 10 nitrogen and oxygen atoms in total. The van der Waals surface area contributed by atoms with E-state index in [1.54, 1.807) is 48.5 Å². The maximum absolute atomic E-state index is 14.5. The molecule has 0 bridgehead atoms. The van der Waals surface area contributed by atoms with Crippen molar-refractivity contribution in [2.75, 3.05) is 26.8 Å². The van der Waals surface area contributed by atoms with Gasteiger partial charge in [-0.25, -0.2) is 23.4 Å². The van der Waals surface area contributed by atoms with Crippen LogP contribution in [0.3, 0.4) is 0 Å². The number of halogens is 2. The molecule has 2 N–H and O–H groups in total. The smallest absolute Gasteiger partial charge is 0.407 e. The average Bonchev–Trinajstić information content (AvgIpc) is 3.47. The minimum absolute atomic E-state index is 0.0420. The molecular formula is C31H38F2N4O6. The van der Waals surface area contributed by atoms with Gasteiger partial charge in [0.2, 0.25) is 5.91 Å². The number of hydrogen-bond donors (Lipinski definition) is 2. The van der Waals surface area contributed by atoms with Crippen LogP contribution in [0.2, 0.25) is 0 Å². The van der Waals surface area contributed by atoms with Gasteiger partial charge in [-0.2, -0.15) is 0 Å². The number of nitrogens with one attached hydrogen (secondary N) is 2. The van der Waals surface area contributed by atoms with Gasteiger partial charge in [0.25, 0.3) is 11.5 Å². The summed E-state index contributed by atoms with van der Waals surface area (Å²) in [5.41, 5.74) is 2.04. The number of fused-ring (bicyclic) bond motifs is 1. The quantitative estimate of drug-likeness (QED) is 0.340. The van der Waals surface area contributed by atoms with Gasteiger partial charge in [0.1, 0.15) is 18.3 Å². The molecule has 0 saturated carbocycles. The molecule has 43 heavy (non-hydrogen) atoms. The average molecular weight is 601 g/mol. The van der Waals surface area contributed by atoms with Crippen molar-refractivity contribution in [3.8, 4) is 11.3 Å². The number of carbonyl (C=O) groups excluding carboxylic acids is 3. The van der Waals surface area contributed by atoms with Crippen LogP contribution in [0.15, 0.2) is 53.3 Å². The maximum atomic E-state index is 14.5. The number of benzene rings is 2. The third-order valence-corrected chi connectivity index (χ3v) is 6.42. The molecule has 1 saturated heterocycles. The van der Waals surface area contributed by atoms with Crippen molar-refractivity contribution >= 4 is 29.0 Å². The van der Waals surface area contributed by atoms with Gasteiger partial charge in [0.15, 0.2) is 6.61 Å². The summed E-state index contributed by atoms with van der Waals surface area (Å²) >= 11 is 0. The van der Waals surface area contributed by atoms with E-state index in [1.807, 2.05) is 0 Å². The number of ether oxygens (including phenoxy) is 2. The molecule has 1 unspecified atom stereocenters. The summed E-state index contributed by atoms with van der Waals surface area (Å²) in [4.78, 5) is 57.0. The number of carbonyl (C=O) groups is 3. The molecule has 12 heteroatoms. The van der Waals surface area contributed by atoms with Crippen LogP contribution in [0.4, 0.5) is 13.6 Å². The van der Waals surface area contributed by atoms with Gasteiger partial charge in [-0.1, -0.05) is 51.1 Å². The molecule has 232 valence electrons. The lowest BCUT2D eigenvalue weighted by Gasteiger charge is -2.22. The van der Waals surface area contributed by atoms with E-state index in [0.29, 0.717) is 41.5 Å². The number of alkyl carbamates (subject to hydrolysis) is 1. The third-order valence-electron chi connectivity index (χ3n) is 6.42. The molecular weight excluding hydrogens is 562 g/mol. The lowest BCUT2D eigenvalue weighted by Crippen LogP contribution is -2.46. The number of methoxy groups -OCH3 is 1. The second-order valence-corrected chi connectivity index (χ2v) is 10.9. The van der Waals surface area contributed by atoms with Crippen molar-refractivity contribution in [3.05, 3.63) is 64.4 Å². The predicted octanol–water partition coefficient (Wildman–Crippen LogP) is 4.71. The number of hydrogen-bond acceptors (Lipinski definition) is 7. The van der Waals surface area contributed by atoms with Crippen LogP contribution in [0.25, 0.3) is 22.3 Å². The summed E-state index contributed by atoms with van der Waals surface area (Å²) in [7, 11) is 1.22. The number of amides is 2. The number of alkyl halides is 2. The fraction of sp³-hybridized carbons (Fsp3) is 0.452. The number of esters is 1. The van der Waals surface area contributed by atoms with E-state index < -0.39 is 49.5 Å². The Bertz CT molecular complexity index is 1470. The van der Waals surface area contributed by atoms with Crippen molar-refractivity contribution in [1.82, 2.24) is 20.2 Å². The van der Waals surface area contributed by atoms with Crippen molar-refractivity contribution in [2.24, 2.45) is 5.92 Å². The molecule has 0 aliphatic carbocycles. The fourth-order valence-corrected chi connectivity index (χ4v) is 4.42. The Morgan fingerprint density at radius 1 is 1.14 bits per heavy atom. The van der Waals surface area contributed by atoms with Gasteiger partial charge in [0.05, 0.1) is 18.1 Å². The van der Waals surface area contributed by atoms with E-state index in [0.717, 1.165) is 5.92 Å². The summed E-state index contributed by atoms with van der Waals surface area (Å²) in [5, 5.41) is 2.15. The molecule has 0 radical (unpaired) electrons. The first kappa shape index (κ1) is 33.2. The highest BCUT2D eigenvalue weighted by Crippen LogP contribution is 2.24. The van der Waals surface area contributed by atoms with Crippen LogP contribution in [0, 0.1) is 5.92 Å². The molecule has 1 atom stereocenters. The van der Waals surface area contributed by atoms with E-state index >= 15 is 0 Å². The van der Waals surface area contributed by atoms with E-state index in [-0.39, 0.29) is 17.7 Å². The van der Waals surface area contributed by atoms with Gasteiger partial charge in [-0.05, 0) is 48.9 Å². The van der Waals surface area contributed by atoms with Crippen molar-refractivity contribution < 1.29 is 32.6 Å². The number of nitrogens with zero attached hydrogens (tertiary/aromatic N) is 2. The molecule has 1 fully saturated rings. The Kier molecular flexibility index (Phi) is 11.7. The minimum Gasteiger partial charge on any atom is -0.467 e. The lowest BCUT2D eigenvalue weighted by atomic mass is 10.0. The Labute approximate surface area is 248 Å². The van der Waals surface area contributed by atoms with E-state index in [9.17, 15) is 28.0 Å². The molecule has 3 aromatic rings. The van der Waals surface area contributed by atoms with Gasteiger partial charge in [0, 0.05) is 18.5 Å². The Balaban J connectivity index is 0.00000119. The predicted molar refractivity (Wildman–Crippen MR) is 158 cm³/mol. The van der Waals surface area contributed by atoms with Gasteiger partial charge >= 0.3 is 12.1 Å². The number of aryl methyl sites for hydroxylation is 1. The van der Waals surface area contributed by atoms with Crippen molar-refractivity contribution in [3.63, 3.8) is 0 Å². The highest BCUT2D eigenvalue weighted by Gasteiger charge is 2.35. The van der Waals surface area contributed by atoms with Crippen LogP contribution in [-0.2, 0) is 25.5 Å². The van der Waals surface area contributed by atoms with Crippen LogP contribution in [0.5, 0.6) is 0 Å². The summed E-state index contributed by atoms with van der Waals surface area (Å²) in [6, 6.07) is 13.0. The number of aromatic amines is 1. The third kappa shape index (κ3) is 9.86. The number of para-hydroxylation sites is 2. The Hall–Kier alpha value is -4.35. The van der Waals surface area contributed by atoms with Gasteiger partial charge < -0.3 is 24.7 Å². The number of H-pyrrole nitrogens is 1. The SMILES string of the molecule is CC(C)C.COC(=O)C1CCCN1C(=O)CNC(=O)OCC(F)(F)CCc1cccc(-c2nc3ccccc3[nH]c2=O)c1. The maximum Gasteiger partial charge on any atom is 0.407 e. The summed E-state index contributed by atoms with van der Waals surface area (Å²) in [6.07, 6.45) is -0.757. The molecule has 4 rings (SSSR count). The Morgan fingerprint density at radius 2 is 1.86 bits per heavy atom. The topological polar surface area (TPSA) is 131 Å². The van der Waals surface area contributed by atoms with Gasteiger partial charge in [-0.15, -0.1) is 0 Å². The summed E-state index contributed by atoms with van der Waals surface area (Å²) in [6.45, 7) is 5.17. The molecule has 1 aliphatic rings. The molecule has 1 aromatic heterocycles. The largest absolute Gasteiger partial charge is 0.467 e. The second-order valence-electron chi connectivity index (χ2n) is 10.9.